The van der Waals surface area contributed by atoms with Gasteiger partial charge in [0.1, 0.15) is 30.4 Å². The summed E-state index contributed by atoms with van der Waals surface area (Å²) in [5, 5.41) is 9.57. The van der Waals surface area contributed by atoms with Crippen LogP contribution in [0, 0.1) is 0 Å². The molecule has 0 saturated carbocycles. The maximum Gasteiger partial charge on any atom is 0.264 e. The van der Waals surface area contributed by atoms with Gasteiger partial charge >= 0.3 is 0 Å². The topological polar surface area (TPSA) is 94.4 Å². The zero-order valence-electron chi connectivity index (χ0n) is 12.3. The van der Waals surface area contributed by atoms with Crippen LogP contribution in [-0.2, 0) is 14.3 Å². The largest absolute Gasteiger partial charge is 0.491 e. The van der Waals surface area contributed by atoms with Crippen molar-refractivity contribution in [3.05, 3.63) is 42.2 Å². The van der Waals surface area contributed by atoms with Crippen LogP contribution in [0.15, 0.2) is 47.2 Å². The average Bonchev–Trinajstić information content (AvgIpc) is 2.48. The Hall–Kier alpha value is -2.16. The van der Waals surface area contributed by atoms with Gasteiger partial charge in [-0.2, -0.15) is 8.42 Å². The molecule has 0 spiro atoms. The Bertz CT molecular complexity index is 809. The summed E-state index contributed by atoms with van der Waals surface area (Å²) >= 11 is 0. The van der Waals surface area contributed by atoms with E-state index in [0.29, 0.717) is 28.7 Å². The second-order valence-electron chi connectivity index (χ2n) is 4.98. The number of rotatable bonds is 5. The van der Waals surface area contributed by atoms with Crippen molar-refractivity contribution in [2.45, 2.75) is 6.10 Å². The maximum atomic E-state index is 10.8. The predicted octanol–water partition coefficient (Wildman–Crippen LogP) is 1.32. The van der Waals surface area contributed by atoms with E-state index in [1.54, 1.807) is 36.4 Å². The number of fused-ring (bicyclic) bond motifs is 2. The van der Waals surface area contributed by atoms with Crippen molar-refractivity contribution in [1.82, 2.24) is 0 Å². The average molecular weight is 337 g/mol. The molecule has 0 saturated heterocycles. The van der Waals surface area contributed by atoms with E-state index in [4.69, 9.17) is 9.47 Å². The number of aliphatic imine (C=N–C) groups is 1. The summed E-state index contributed by atoms with van der Waals surface area (Å²) in [6.07, 6.45) is 5.18. The van der Waals surface area contributed by atoms with Crippen LogP contribution >= 0.6 is 0 Å². The van der Waals surface area contributed by atoms with Crippen molar-refractivity contribution in [2.24, 2.45) is 4.99 Å². The summed E-state index contributed by atoms with van der Waals surface area (Å²) in [6.45, 7) is 0.0196. The molecular formula is C15H15NO6S. The third-order valence-electron chi connectivity index (χ3n) is 3.07. The standard InChI is InChI=1S/C15H15NO6S/c1-23(18,19)21-7-6-20-11-3-5-13-15(9-11)22-14-8-10(17)2-4-12(14)16-13/h2-5,8-10,17H,6-7H2,1H3. The second kappa shape index (κ2) is 6.15. The summed E-state index contributed by atoms with van der Waals surface area (Å²) in [7, 11) is -3.47. The molecule has 1 aromatic carbocycles. The molecule has 3 rings (SSSR count). The summed E-state index contributed by atoms with van der Waals surface area (Å²) < 4.78 is 37.4. The van der Waals surface area contributed by atoms with Crippen LogP contribution in [0.25, 0.3) is 0 Å². The van der Waals surface area contributed by atoms with Gasteiger partial charge in [-0.05, 0) is 30.4 Å². The molecule has 1 atom stereocenters. The lowest BCUT2D eigenvalue weighted by atomic mass is 10.1. The van der Waals surface area contributed by atoms with E-state index in [1.807, 2.05) is 0 Å². The normalized spacial score (nSPS) is 19.1. The molecule has 1 unspecified atom stereocenters. The van der Waals surface area contributed by atoms with Gasteiger partial charge in [-0.3, -0.25) is 4.18 Å². The molecule has 0 aromatic heterocycles. The molecule has 0 fully saturated rings. The molecule has 1 heterocycles. The molecule has 1 N–H and O–H groups in total. The SMILES string of the molecule is CS(=O)(=O)OCCOc1ccc2c(c1)OC1=CC(O)C=CC1=N2. The number of ether oxygens (including phenoxy) is 2. The smallest absolute Gasteiger partial charge is 0.264 e. The van der Waals surface area contributed by atoms with E-state index in [9.17, 15) is 13.5 Å². The fourth-order valence-electron chi connectivity index (χ4n) is 2.10. The fourth-order valence-corrected chi connectivity index (χ4v) is 2.47. The van der Waals surface area contributed by atoms with E-state index in [0.717, 1.165) is 6.26 Å². The molecule has 8 heteroatoms. The van der Waals surface area contributed by atoms with Crippen molar-refractivity contribution in [3.8, 4) is 11.5 Å². The first-order valence-corrected chi connectivity index (χ1v) is 8.69. The Kier molecular flexibility index (Phi) is 4.20. The highest BCUT2D eigenvalue weighted by molar-refractivity contribution is 7.85. The minimum atomic E-state index is -3.47. The molecule has 0 bridgehead atoms. The molecule has 122 valence electrons. The molecule has 1 aliphatic heterocycles. The molecular weight excluding hydrogens is 322 g/mol. The predicted molar refractivity (Wildman–Crippen MR) is 83.7 cm³/mol. The summed E-state index contributed by atoms with van der Waals surface area (Å²) in [5.74, 6) is 1.50. The number of hydrogen-bond acceptors (Lipinski definition) is 7. The van der Waals surface area contributed by atoms with Crippen LogP contribution in [0.1, 0.15) is 0 Å². The number of nitrogens with zero attached hydrogens (tertiary/aromatic N) is 1. The van der Waals surface area contributed by atoms with Crippen LogP contribution in [0.2, 0.25) is 0 Å². The Morgan fingerprint density at radius 2 is 2.17 bits per heavy atom. The molecule has 2 aliphatic rings. The minimum absolute atomic E-state index is 0.0682. The van der Waals surface area contributed by atoms with Gasteiger partial charge in [-0.1, -0.05) is 0 Å². The summed E-state index contributed by atoms with van der Waals surface area (Å²) in [5.41, 5.74) is 1.30. The van der Waals surface area contributed by atoms with Crippen molar-refractivity contribution in [3.63, 3.8) is 0 Å². The highest BCUT2D eigenvalue weighted by Gasteiger charge is 2.21. The monoisotopic (exact) mass is 337 g/mol. The highest BCUT2D eigenvalue weighted by atomic mass is 32.2. The van der Waals surface area contributed by atoms with Gasteiger partial charge in [0.2, 0.25) is 0 Å². The van der Waals surface area contributed by atoms with Gasteiger partial charge in [0.15, 0.2) is 11.5 Å². The van der Waals surface area contributed by atoms with Gasteiger partial charge in [0, 0.05) is 6.07 Å². The van der Waals surface area contributed by atoms with E-state index in [1.165, 1.54) is 0 Å². The Labute approximate surface area is 133 Å². The van der Waals surface area contributed by atoms with E-state index in [-0.39, 0.29) is 13.2 Å². The van der Waals surface area contributed by atoms with E-state index >= 15 is 0 Å². The lowest BCUT2D eigenvalue weighted by Gasteiger charge is -2.21. The van der Waals surface area contributed by atoms with Crippen molar-refractivity contribution < 1.29 is 27.2 Å². The van der Waals surface area contributed by atoms with Gasteiger partial charge < -0.3 is 14.6 Å². The lowest BCUT2D eigenvalue weighted by Crippen LogP contribution is -2.18. The fraction of sp³-hybridized carbons (Fsp3) is 0.267. The minimum Gasteiger partial charge on any atom is -0.491 e. The number of aliphatic hydroxyl groups is 1. The van der Waals surface area contributed by atoms with Crippen molar-refractivity contribution in [1.29, 1.82) is 0 Å². The van der Waals surface area contributed by atoms with Crippen LogP contribution in [0.4, 0.5) is 5.69 Å². The quantitative estimate of drug-likeness (QED) is 0.643. The zero-order valence-corrected chi connectivity index (χ0v) is 13.1. The first-order valence-electron chi connectivity index (χ1n) is 6.87. The van der Waals surface area contributed by atoms with Crippen LogP contribution in [0.5, 0.6) is 11.5 Å². The van der Waals surface area contributed by atoms with E-state index in [2.05, 4.69) is 9.18 Å². The van der Waals surface area contributed by atoms with Crippen LogP contribution < -0.4 is 9.47 Å². The van der Waals surface area contributed by atoms with Gasteiger partial charge in [0.05, 0.1) is 12.4 Å². The number of aliphatic hydroxyl groups excluding tert-OH is 1. The molecule has 0 amide bonds. The number of hydrogen-bond donors (Lipinski definition) is 1. The summed E-state index contributed by atoms with van der Waals surface area (Å²) in [4.78, 5) is 4.44. The van der Waals surface area contributed by atoms with E-state index < -0.39 is 16.2 Å². The third kappa shape index (κ3) is 3.98. The van der Waals surface area contributed by atoms with Crippen LogP contribution in [-0.4, -0.2) is 44.8 Å². The molecule has 0 radical (unpaired) electrons. The second-order valence-corrected chi connectivity index (χ2v) is 6.63. The van der Waals surface area contributed by atoms with Gasteiger partial charge in [0.25, 0.3) is 10.1 Å². The first kappa shape index (κ1) is 15.7. The Morgan fingerprint density at radius 1 is 1.35 bits per heavy atom. The van der Waals surface area contributed by atoms with Crippen molar-refractivity contribution >= 4 is 21.5 Å². The molecule has 1 aliphatic carbocycles. The Morgan fingerprint density at radius 3 is 2.96 bits per heavy atom. The van der Waals surface area contributed by atoms with Gasteiger partial charge in [-0.15, -0.1) is 0 Å². The molecule has 1 aromatic rings. The highest BCUT2D eigenvalue weighted by Crippen LogP contribution is 2.37. The van der Waals surface area contributed by atoms with Crippen LogP contribution in [0.3, 0.4) is 0 Å². The van der Waals surface area contributed by atoms with Crippen molar-refractivity contribution in [2.75, 3.05) is 19.5 Å². The number of allylic oxidation sites excluding steroid dienone is 1. The lowest BCUT2D eigenvalue weighted by molar-refractivity contribution is 0.222. The van der Waals surface area contributed by atoms with Gasteiger partial charge in [-0.25, -0.2) is 4.99 Å². The zero-order chi connectivity index (χ0) is 16.4. The molecule has 23 heavy (non-hydrogen) atoms. The summed E-state index contributed by atoms with van der Waals surface area (Å²) in [6, 6.07) is 5.11. The molecule has 7 nitrogen and oxygen atoms in total. The number of benzene rings is 1. The Balaban J connectivity index is 1.69. The first-order chi connectivity index (χ1) is 10.9. The maximum absolute atomic E-state index is 10.8. The third-order valence-corrected chi connectivity index (χ3v) is 3.66.